The van der Waals surface area contributed by atoms with Crippen molar-refractivity contribution in [3.8, 4) is 0 Å². The molecule has 7 heteroatoms. The number of hydrogen-bond donors (Lipinski definition) is 2. The molecule has 2 heterocycles. The third kappa shape index (κ3) is 4.19. The number of amides is 1. The SMILES string of the molecule is O=C(CCC1CCNC1)Nc1ccc(C(F)(F)F)nc1. The van der Waals surface area contributed by atoms with Crippen molar-refractivity contribution in [2.75, 3.05) is 18.4 Å². The summed E-state index contributed by atoms with van der Waals surface area (Å²) in [6.07, 6.45) is -1.22. The lowest BCUT2D eigenvalue weighted by Gasteiger charge is -2.09. The van der Waals surface area contributed by atoms with Crippen LogP contribution in [0.1, 0.15) is 25.0 Å². The maximum atomic E-state index is 12.3. The summed E-state index contributed by atoms with van der Waals surface area (Å²) in [6, 6.07) is 2.07. The van der Waals surface area contributed by atoms with E-state index in [9.17, 15) is 18.0 Å². The number of carbonyl (C=O) groups excluding carboxylic acids is 1. The molecule has 1 atom stereocenters. The Morgan fingerprint density at radius 3 is 2.80 bits per heavy atom. The van der Waals surface area contributed by atoms with Crippen LogP contribution in [0.2, 0.25) is 0 Å². The minimum atomic E-state index is -4.46. The van der Waals surface area contributed by atoms with E-state index >= 15 is 0 Å². The van der Waals surface area contributed by atoms with Gasteiger partial charge in [0, 0.05) is 6.42 Å². The number of halogens is 3. The van der Waals surface area contributed by atoms with Gasteiger partial charge in [0.05, 0.1) is 11.9 Å². The van der Waals surface area contributed by atoms with Gasteiger partial charge in [-0.3, -0.25) is 4.79 Å². The molecule has 0 radical (unpaired) electrons. The van der Waals surface area contributed by atoms with Crippen LogP contribution in [-0.2, 0) is 11.0 Å². The molecule has 1 unspecified atom stereocenters. The number of rotatable bonds is 4. The Balaban J connectivity index is 1.81. The van der Waals surface area contributed by atoms with E-state index in [2.05, 4.69) is 15.6 Å². The van der Waals surface area contributed by atoms with Crippen LogP contribution in [0.25, 0.3) is 0 Å². The number of nitrogens with one attached hydrogen (secondary N) is 2. The summed E-state index contributed by atoms with van der Waals surface area (Å²) in [5.74, 6) is 0.310. The minimum Gasteiger partial charge on any atom is -0.325 e. The molecular formula is C13H16F3N3O. The van der Waals surface area contributed by atoms with Gasteiger partial charge >= 0.3 is 6.18 Å². The zero-order valence-corrected chi connectivity index (χ0v) is 10.8. The molecule has 1 aliphatic rings. The molecular weight excluding hydrogens is 271 g/mol. The third-order valence-electron chi connectivity index (χ3n) is 3.28. The average Bonchev–Trinajstić information content (AvgIpc) is 2.89. The number of pyridine rings is 1. The number of alkyl halides is 3. The molecule has 1 aromatic heterocycles. The number of nitrogens with zero attached hydrogens (tertiary/aromatic N) is 1. The average molecular weight is 287 g/mol. The Morgan fingerprint density at radius 2 is 2.25 bits per heavy atom. The lowest BCUT2D eigenvalue weighted by atomic mass is 10.0. The highest BCUT2D eigenvalue weighted by Gasteiger charge is 2.32. The second kappa shape index (κ2) is 6.21. The predicted octanol–water partition coefficient (Wildman–Crippen LogP) is 2.43. The summed E-state index contributed by atoms with van der Waals surface area (Å²) in [5.41, 5.74) is -0.680. The van der Waals surface area contributed by atoms with Gasteiger partial charge in [-0.25, -0.2) is 4.98 Å². The molecule has 1 amide bonds. The first-order valence-corrected chi connectivity index (χ1v) is 6.49. The summed E-state index contributed by atoms with van der Waals surface area (Å²) in [6.45, 7) is 1.91. The molecule has 20 heavy (non-hydrogen) atoms. The van der Waals surface area contributed by atoms with Crippen molar-refractivity contribution in [2.45, 2.75) is 25.4 Å². The maximum absolute atomic E-state index is 12.3. The molecule has 0 spiro atoms. The zero-order valence-electron chi connectivity index (χ0n) is 10.8. The fraction of sp³-hybridized carbons (Fsp3) is 0.538. The Kier molecular flexibility index (Phi) is 4.59. The minimum absolute atomic E-state index is 0.196. The van der Waals surface area contributed by atoms with E-state index in [1.54, 1.807) is 0 Å². The van der Waals surface area contributed by atoms with Crippen molar-refractivity contribution in [3.63, 3.8) is 0 Å². The quantitative estimate of drug-likeness (QED) is 0.894. The van der Waals surface area contributed by atoms with Gasteiger partial charge < -0.3 is 10.6 Å². The molecule has 1 aromatic rings. The van der Waals surface area contributed by atoms with E-state index in [1.165, 1.54) is 6.07 Å². The van der Waals surface area contributed by atoms with Gasteiger partial charge in [-0.1, -0.05) is 0 Å². The molecule has 1 aliphatic heterocycles. The van der Waals surface area contributed by atoms with E-state index < -0.39 is 11.9 Å². The van der Waals surface area contributed by atoms with Crippen LogP contribution < -0.4 is 10.6 Å². The lowest BCUT2D eigenvalue weighted by Crippen LogP contribution is -2.15. The first-order chi connectivity index (χ1) is 9.45. The van der Waals surface area contributed by atoms with Gasteiger partial charge in [-0.05, 0) is 44.0 Å². The normalized spacial score (nSPS) is 19.1. The van der Waals surface area contributed by atoms with Gasteiger partial charge in [-0.2, -0.15) is 13.2 Å². The lowest BCUT2D eigenvalue weighted by molar-refractivity contribution is -0.141. The molecule has 1 saturated heterocycles. The Morgan fingerprint density at radius 1 is 1.45 bits per heavy atom. The Hall–Kier alpha value is -1.63. The fourth-order valence-electron chi connectivity index (χ4n) is 2.16. The Bertz CT molecular complexity index is 453. The summed E-state index contributed by atoms with van der Waals surface area (Å²) < 4.78 is 37.0. The summed E-state index contributed by atoms with van der Waals surface area (Å²) in [4.78, 5) is 15.0. The molecule has 0 aromatic carbocycles. The van der Waals surface area contributed by atoms with Gasteiger partial charge in [0.1, 0.15) is 5.69 Å². The highest BCUT2D eigenvalue weighted by molar-refractivity contribution is 5.90. The van der Waals surface area contributed by atoms with Crippen LogP contribution >= 0.6 is 0 Å². The van der Waals surface area contributed by atoms with E-state index in [0.29, 0.717) is 12.3 Å². The third-order valence-corrected chi connectivity index (χ3v) is 3.28. The van der Waals surface area contributed by atoms with Crippen molar-refractivity contribution in [2.24, 2.45) is 5.92 Å². The van der Waals surface area contributed by atoms with E-state index in [0.717, 1.165) is 38.2 Å². The van der Waals surface area contributed by atoms with E-state index in [4.69, 9.17) is 0 Å². The van der Waals surface area contributed by atoms with Crippen molar-refractivity contribution in [1.29, 1.82) is 0 Å². The maximum Gasteiger partial charge on any atom is 0.433 e. The van der Waals surface area contributed by atoms with E-state index in [1.807, 2.05) is 0 Å². The molecule has 2 N–H and O–H groups in total. The van der Waals surface area contributed by atoms with Crippen LogP contribution in [0.3, 0.4) is 0 Å². The van der Waals surface area contributed by atoms with Gasteiger partial charge in [0.25, 0.3) is 0 Å². The summed E-state index contributed by atoms with van der Waals surface area (Å²) >= 11 is 0. The van der Waals surface area contributed by atoms with Crippen LogP contribution in [0.4, 0.5) is 18.9 Å². The second-order valence-corrected chi connectivity index (χ2v) is 4.88. The topological polar surface area (TPSA) is 54.0 Å². The molecule has 110 valence electrons. The zero-order chi connectivity index (χ0) is 14.6. The fourth-order valence-corrected chi connectivity index (χ4v) is 2.16. The second-order valence-electron chi connectivity index (χ2n) is 4.88. The predicted molar refractivity (Wildman–Crippen MR) is 68.1 cm³/mol. The van der Waals surface area contributed by atoms with E-state index in [-0.39, 0.29) is 11.6 Å². The standard InChI is InChI=1S/C13H16F3N3O/c14-13(15,16)11-3-2-10(8-18-11)19-12(20)4-1-9-5-6-17-7-9/h2-3,8-9,17H,1,4-7H2,(H,19,20). The number of hydrogen-bond acceptors (Lipinski definition) is 3. The molecule has 0 bridgehead atoms. The number of carbonyl (C=O) groups is 1. The van der Waals surface area contributed by atoms with Crippen LogP contribution in [0.5, 0.6) is 0 Å². The molecule has 1 fully saturated rings. The van der Waals surface area contributed by atoms with Gasteiger partial charge in [-0.15, -0.1) is 0 Å². The highest BCUT2D eigenvalue weighted by atomic mass is 19.4. The van der Waals surface area contributed by atoms with Crippen molar-refractivity contribution < 1.29 is 18.0 Å². The number of anilines is 1. The van der Waals surface area contributed by atoms with Crippen molar-refractivity contribution >= 4 is 11.6 Å². The van der Waals surface area contributed by atoms with Gasteiger partial charge in [0.2, 0.25) is 5.91 Å². The first kappa shape index (κ1) is 14.8. The van der Waals surface area contributed by atoms with Crippen molar-refractivity contribution in [1.82, 2.24) is 10.3 Å². The van der Waals surface area contributed by atoms with Crippen LogP contribution in [0.15, 0.2) is 18.3 Å². The largest absolute Gasteiger partial charge is 0.433 e. The molecule has 4 nitrogen and oxygen atoms in total. The van der Waals surface area contributed by atoms with Gasteiger partial charge in [0.15, 0.2) is 0 Å². The molecule has 2 rings (SSSR count). The molecule has 0 saturated carbocycles. The highest BCUT2D eigenvalue weighted by Crippen LogP contribution is 2.27. The number of aromatic nitrogens is 1. The summed E-state index contributed by atoms with van der Waals surface area (Å²) in [7, 11) is 0. The summed E-state index contributed by atoms with van der Waals surface area (Å²) in [5, 5.41) is 5.77. The first-order valence-electron chi connectivity index (χ1n) is 6.49. The monoisotopic (exact) mass is 287 g/mol. The molecule has 0 aliphatic carbocycles. The Labute approximate surface area is 114 Å². The van der Waals surface area contributed by atoms with Crippen LogP contribution in [0, 0.1) is 5.92 Å². The van der Waals surface area contributed by atoms with Crippen molar-refractivity contribution in [3.05, 3.63) is 24.0 Å². The smallest absolute Gasteiger partial charge is 0.325 e. The van der Waals surface area contributed by atoms with Crippen LogP contribution in [-0.4, -0.2) is 24.0 Å².